The van der Waals surface area contributed by atoms with E-state index >= 15 is 0 Å². The van der Waals surface area contributed by atoms with Gasteiger partial charge in [0.05, 0.1) is 18.2 Å². The SMILES string of the molecule is COc1ccc(-c2onc(N)c2-c2ccncc2)c(F)c1. The van der Waals surface area contributed by atoms with Crippen molar-refractivity contribution in [2.75, 3.05) is 12.8 Å². The van der Waals surface area contributed by atoms with Gasteiger partial charge in [0, 0.05) is 18.5 Å². The molecule has 6 heteroatoms. The molecule has 3 aromatic rings. The van der Waals surface area contributed by atoms with Crippen LogP contribution in [0.4, 0.5) is 10.2 Å². The summed E-state index contributed by atoms with van der Waals surface area (Å²) in [7, 11) is 1.48. The Morgan fingerprint density at radius 3 is 2.62 bits per heavy atom. The summed E-state index contributed by atoms with van der Waals surface area (Å²) < 4.78 is 24.4. The molecule has 0 bridgehead atoms. The summed E-state index contributed by atoms with van der Waals surface area (Å²) in [4.78, 5) is 3.95. The van der Waals surface area contributed by atoms with E-state index < -0.39 is 5.82 Å². The number of halogens is 1. The number of benzene rings is 1. The first-order valence-electron chi connectivity index (χ1n) is 6.20. The molecule has 0 aliphatic heterocycles. The number of hydrogen-bond donors (Lipinski definition) is 1. The van der Waals surface area contributed by atoms with Crippen LogP contribution >= 0.6 is 0 Å². The Labute approximate surface area is 120 Å². The molecule has 21 heavy (non-hydrogen) atoms. The molecule has 0 radical (unpaired) electrons. The molecule has 3 rings (SSSR count). The first-order chi connectivity index (χ1) is 10.2. The number of nitrogens with two attached hydrogens (primary N) is 1. The molecule has 2 N–H and O–H groups in total. The van der Waals surface area contributed by atoms with Crippen molar-refractivity contribution in [3.05, 3.63) is 48.5 Å². The molecule has 0 amide bonds. The van der Waals surface area contributed by atoms with E-state index in [1.54, 1.807) is 36.7 Å². The van der Waals surface area contributed by atoms with Crippen molar-refractivity contribution in [2.24, 2.45) is 0 Å². The zero-order valence-electron chi connectivity index (χ0n) is 11.2. The fourth-order valence-corrected chi connectivity index (χ4v) is 2.09. The topological polar surface area (TPSA) is 74.2 Å². The van der Waals surface area contributed by atoms with Crippen LogP contribution in [-0.4, -0.2) is 17.3 Å². The molecule has 0 saturated heterocycles. The first kappa shape index (κ1) is 13.1. The minimum absolute atomic E-state index is 0.200. The maximum absolute atomic E-state index is 14.2. The van der Waals surface area contributed by atoms with Crippen LogP contribution in [0.3, 0.4) is 0 Å². The van der Waals surface area contributed by atoms with Crippen molar-refractivity contribution in [3.63, 3.8) is 0 Å². The van der Waals surface area contributed by atoms with Gasteiger partial charge in [-0.05, 0) is 29.8 Å². The highest BCUT2D eigenvalue weighted by Crippen LogP contribution is 2.38. The molecule has 0 atom stereocenters. The van der Waals surface area contributed by atoms with Crippen LogP contribution in [0.25, 0.3) is 22.5 Å². The van der Waals surface area contributed by atoms with E-state index in [0.29, 0.717) is 11.3 Å². The van der Waals surface area contributed by atoms with E-state index in [0.717, 1.165) is 5.56 Å². The van der Waals surface area contributed by atoms with E-state index in [2.05, 4.69) is 10.1 Å². The number of rotatable bonds is 3. The van der Waals surface area contributed by atoms with E-state index in [1.807, 2.05) is 0 Å². The van der Waals surface area contributed by atoms with Gasteiger partial charge in [0.2, 0.25) is 0 Å². The number of anilines is 1. The van der Waals surface area contributed by atoms with Crippen LogP contribution in [0.2, 0.25) is 0 Å². The highest BCUT2D eigenvalue weighted by Gasteiger charge is 2.20. The molecule has 0 saturated carbocycles. The number of nitrogen functional groups attached to an aromatic ring is 1. The summed E-state index contributed by atoms with van der Waals surface area (Å²) >= 11 is 0. The van der Waals surface area contributed by atoms with E-state index in [-0.39, 0.29) is 17.1 Å². The van der Waals surface area contributed by atoms with Crippen molar-refractivity contribution in [2.45, 2.75) is 0 Å². The third-order valence-corrected chi connectivity index (χ3v) is 3.11. The third kappa shape index (κ3) is 2.31. The number of pyridine rings is 1. The lowest BCUT2D eigenvalue weighted by Crippen LogP contribution is -1.91. The fraction of sp³-hybridized carbons (Fsp3) is 0.0667. The van der Waals surface area contributed by atoms with Gasteiger partial charge in [-0.15, -0.1) is 0 Å². The molecular weight excluding hydrogens is 273 g/mol. The molecule has 1 aromatic carbocycles. The Morgan fingerprint density at radius 2 is 1.95 bits per heavy atom. The second-order valence-electron chi connectivity index (χ2n) is 4.35. The van der Waals surface area contributed by atoms with Gasteiger partial charge >= 0.3 is 0 Å². The summed E-state index contributed by atoms with van der Waals surface area (Å²) in [5.41, 5.74) is 7.42. The summed E-state index contributed by atoms with van der Waals surface area (Å²) in [5.74, 6) is 0.431. The molecule has 2 aromatic heterocycles. The molecule has 0 spiro atoms. The van der Waals surface area contributed by atoms with Gasteiger partial charge in [0.1, 0.15) is 11.6 Å². The van der Waals surface area contributed by atoms with Crippen molar-refractivity contribution in [3.8, 4) is 28.2 Å². The second-order valence-corrected chi connectivity index (χ2v) is 4.35. The standard InChI is InChI=1S/C15H12FN3O2/c1-20-10-2-3-11(12(16)8-10)14-13(15(17)19-21-14)9-4-6-18-7-5-9/h2-8H,1H3,(H2,17,19). The summed E-state index contributed by atoms with van der Waals surface area (Å²) in [5, 5.41) is 3.74. The predicted octanol–water partition coefficient (Wildman–Crippen LogP) is 3.13. The van der Waals surface area contributed by atoms with Gasteiger partial charge in [-0.25, -0.2) is 4.39 Å². The molecule has 5 nitrogen and oxygen atoms in total. The van der Waals surface area contributed by atoms with Crippen LogP contribution in [0.1, 0.15) is 0 Å². The summed E-state index contributed by atoms with van der Waals surface area (Å²) in [6, 6.07) is 8.01. The molecule has 0 aliphatic rings. The van der Waals surface area contributed by atoms with Gasteiger partial charge in [-0.1, -0.05) is 5.16 Å². The minimum Gasteiger partial charge on any atom is -0.497 e. The Balaban J connectivity index is 2.17. The van der Waals surface area contributed by atoms with Gasteiger partial charge in [-0.2, -0.15) is 0 Å². The number of nitrogens with zero attached hydrogens (tertiary/aromatic N) is 2. The average Bonchev–Trinajstić information content (AvgIpc) is 2.89. The average molecular weight is 285 g/mol. The Hall–Kier alpha value is -2.89. The van der Waals surface area contributed by atoms with Gasteiger partial charge in [0.15, 0.2) is 11.6 Å². The van der Waals surface area contributed by atoms with E-state index in [1.165, 1.54) is 13.2 Å². The van der Waals surface area contributed by atoms with Crippen molar-refractivity contribution in [1.29, 1.82) is 0 Å². The van der Waals surface area contributed by atoms with Crippen molar-refractivity contribution >= 4 is 5.82 Å². The zero-order valence-corrected chi connectivity index (χ0v) is 11.2. The number of methoxy groups -OCH3 is 1. The minimum atomic E-state index is -0.471. The fourth-order valence-electron chi connectivity index (χ4n) is 2.09. The third-order valence-electron chi connectivity index (χ3n) is 3.11. The van der Waals surface area contributed by atoms with Gasteiger partial charge < -0.3 is 15.0 Å². The lowest BCUT2D eigenvalue weighted by molar-refractivity contribution is 0.410. The van der Waals surface area contributed by atoms with E-state index in [4.69, 9.17) is 15.0 Å². The Bertz CT molecular complexity index is 772. The molecule has 0 fully saturated rings. The zero-order chi connectivity index (χ0) is 14.8. The van der Waals surface area contributed by atoms with Gasteiger partial charge in [-0.3, -0.25) is 4.98 Å². The summed E-state index contributed by atoms with van der Waals surface area (Å²) in [6.07, 6.45) is 3.24. The largest absolute Gasteiger partial charge is 0.497 e. The predicted molar refractivity (Wildman–Crippen MR) is 76.1 cm³/mol. The molecule has 106 valence electrons. The molecule has 0 unspecified atom stereocenters. The maximum Gasteiger partial charge on any atom is 0.179 e. The normalized spacial score (nSPS) is 10.6. The number of ether oxygens (including phenoxy) is 1. The van der Waals surface area contributed by atoms with Crippen LogP contribution in [0.5, 0.6) is 5.75 Å². The van der Waals surface area contributed by atoms with Crippen LogP contribution in [-0.2, 0) is 0 Å². The molecular formula is C15H12FN3O2. The first-order valence-corrected chi connectivity index (χ1v) is 6.20. The van der Waals surface area contributed by atoms with Crippen molar-refractivity contribution in [1.82, 2.24) is 10.1 Å². The monoisotopic (exact) mass is 285 g/mol. The number of aromatic nitrogens is 2. The number of hydrogen-bond acceptors (Lipinski definition) is 5. The smallest absolute Gasteiger partial charge is 0.179 e. The summed E-state index contributed by atoms with van der Waals surface area (Å²) in [6.45, 7) is 0. The molecule has 2 heterocycles. The van der Waals surface area contributed by atoms with Crippen LogP contribution in [0, 0.1) is 5.82 Å². The maximum atomic E-state index is 14.2. The van der Waals surface area contributed by atoms with Gasteiger partial charge in [0.25, 0.3) is 0 Å². The van der Waals surface area contributed by atoms with Crippen LogP contribution in [0.15, 0.2) is 47.2 Å². The lowest BCUT2D eigenvalue weighted by atomic mass is 10.0. The van der Waals surface area contributed by atoms with Crippen molar-refractivity contribution < 1.29 is 13.7 Å². The Morgan fingerprint density at radius 1 is 1.19 bits per heavy atom. The Kier molecular flexibility index (Phi) is 3.27. The highest BCUT2D eigenvalue weighted by molar-refractivity contribution is 5.86. The van der Waals surface area contributed by atoms with Crippen LogP contribution < -0.4 is 10.5 Å². The molecule has 0 aliphatic carbocycles. The highest BCUT2D eigenvalue weighted by atomic mass is 19.1. The second kappa shape index (κ2) is 5.24. The quantitative estimate of drug-likeness (QED) is 0.800. The van der Waals surface area contributed by atoms with E-state index in [9.17, 15) is 4.39 Å². The lowest BCUT2D eigenvalue weighted by Gasteiger charge is -2.05.